The van der Waals surface area contributed by atoms with Crippen LogP contribution in [0.5, 0.6) is 0 Å². The third-order valence-corrected chi connectivity index (χ3v) is 6.89. The molecule has 10 heteroatoms. The second kappa shape index (κ2) is 11.7. The van der Waals surface area contributed by atoms with Crippen molar-refractivity contribution < 1.29 is 18.0 Å². The number of amides is 1. The molecule has 1 saturated heterocycles. The summed E-state index contributed by atoms with van der Waals surface area (Å²) >= 11 is 0. The Morgan fingerprint density at radius 1 is 1.07 bits per heavy atom. The molecule has 0 aliphatic carbocycles. The number of carbonyl (C=O) groups excluding carboxylic acids is 1. The van der Waals surface area contributed by atoms with E-state index in [1.165, 1.54) is 15.9 Å². The fourth-order valence-electron chi connectivity index (χ4n) is 4.85. The van der Waals surface area contributed by atoms with E-state index < -0.39 is 19.3 Å². The van der Waals surface area contributed by atoms with Gasteiger partial charge in [-0.15, -0.1) is 0 Å². The van der Waals surface area contributed by atoms with Crippen LogP contribution in [0.4, 0.5) is 36.2 Å². The molecule has 3 aromatic carbocycles. The Labute approximate surface area is 230 Å². The van der Waals surface area contributed by atoms with Crippen LogP contribution >= 0.6 is 0 Å². The molecule has 1 aromatic heterocycles. The number of anilines is 4. The van der Waals surface area contributed by atoms with Crippen molar-refractivity contribution in [1.82, 2.24) is 14.9 Å². The number of halogens is 3. The van der Waals surface area contributed by atoms with E-state index in [4.69, 9.17) is 4.98 Å². The minimum atomic E-state index is -1.88. The number of piperazine rings is 1. The van der Waals surface area contributed by atoms with Gasteiger partial charge in [-0.25, -0.2) is 23.1 Å². The van der Waals surface area contributed by atoms with Crippen LogP contribution in [0.3, 0.4) is 0 Å². The van der Waals surface area contributed by atoms with E-state index in [0.29, 0.717) is 23.0 Å². The third-order valence-electron chi connectivity index (χ3n) is 6.89. The average molecular weight is 547 g/mol. The first-order valence-electron chi connectivity index (χ1n) is 12.9. The van der Waals surface area contributed by atoms with Gasteiger partial charge >= 0.3 is 0 Å². The van der Waals surface area contributed by atoms with Crippen molar-refractivity contribution in [3.63, 3.8) is 0 Å². The van der Waals surface area contributed by atoms with Crippen LogP contribution in [-0.2, 0) is 4.79 Å². The summed E-state index contributed by atoms with van der Waals surface area (Å²) in [5.74, 6) is 0.0764. The number of nitrogens with zero attached hydrogens (tertiary/aromatic N) is 4. The van der Waals surface area contributed by atoms with Crippen molar-refractivity contribution in [2.24, 2.45) is 0 Å². The molecule has 1 aliphatic rings. The van der Waals surface area contributed by atoms with Crippen molar-refractivity contribution in [3.8, 4) is 11.1 Å². The standard InChI is InChI=1S/C30H29F3N6O/c1-3-25(40)35-23-6-4-5-20(17-23)26-19(2)7-8-21-18-34-30(37-27(21)26)36-22-9-11-24(12-10-22)39-16-15-38(14-13-31)28(32)29(39)33/h3-12,17-18,28-29H,1,13-16H2,2H3,(H,35,40)(H,34,36,37). The van der Waals surface area contributed by atoms with E-state index in [0.717, 1.165) is 27.6 Å². The number of hydrogen-bond donors (Lipinski definition) is 2. The number of nitrogens with one attached hydrogen (secondary N) is 2. The highest BCUT2D eigenvalue weighted by Crippen LogP contribution is 2.33. The van der Waals surface area contributed by atoms with Gasteiger partial charge in [0, 0.05) is 53.8 Å². The van der Waals surface area contributed by atoms with Crippen molar-refractivity contribution in [1.29, 1.82) is 0 Å². The number of fused-ring (bicyclic) bond motifs is 1. The molecule has 2 atom stereocenters. The molecular formula is C30H29F3N6O. The number of aromatic nitrogens is 2. The molecule has 0 radical (unpaired) electrons. The fraction of sp³-hybridized carbons (Fsp3) is 0.233. The molecule has 0 spiro atoms. The van der Waals surface area contributed by atoms with Gasteiger partial charge in [-0.05, 0) is 60.5 Å². The van der Waals surface area contributed by atoms with Crippen molar-refractivity contribution in [3.05, 3.63) is 85.1 Å². The maximum atomic E-state index is 14.7. The average Bonchev–Trinajstić information content (AvgIpc) is 2.96. The fourth-order valence-corrected chi connectivity index (χ4v) is 4.85. The second-order valence-electron chi connectivity index (χ2n) is 9.50. The predicted octanol–water partition coefficient (Wildman–Crippen LogP) is 6.16. The summed E-state index contributed by atoms with van der Waals surface area (Å²) in [5.41, 5.74) is 5.39. The Morgan fingerprint density at radius 2 is 1.88 bits per heavy atom. The molecule has 206 valence electrons. The lowest BCUT2D eigenvalue weighted by Crippen LogP contribution is -2.56. The highest BCUT2D eigenvalue weighted by molar-refractivity contribution is 6.00. The Bertz CT molecular complexity index is 1530. The molecule has 1 amide bonds. The minimum Gasteiger partial charge on any atom is -0.337 e. The summed E-state index contributed by atoms with van der Waals surface area (Å²) < 4.78 is 41.8. The van der Waals surface area contributed by atoms with E-state index >= 15 is 0 Å². The maximum absolute atomic E-state index is 14.7. The van der Waals surface area contributed by atoms with E-state index in [2.05, 4.69) is 22.2 Å². The molecule has 40 heavy (non-hydrogen) atoms. The smallest absolute Gasteiger partial charge is 0.247 e. The summed E-state index contributed by atoms with van der Waals surface area (Å²) in [7, 11) is 0. The van der Waals surface area contributed by atoms with Gasteiger partial charge in [0.05, 0.1) is 5.52 Å². The van der Waals surface area contributed by atoms with E-state index in [-0.39, 0.29) is 25.5 Å². The SMILES string of the molecule is C=CC(=O)Nc1cccc(-c2c(C)ccc3cnc(Nc4ccc(N5CCN(CCF)C(F)C5F)cc4)nc23)c1. The van der Waals surface area contributed by atoms with Crippen molar-refractivity contribution >= 4 is 39.8 Å². The van der Waals surface area contributed by atoms with Crippen molar-refractivity contribution in [2.45, 2.75) is 19.5 Å². The maximum Gasteiger partial charge on any atom is 0.247 e. The molecule has 0 bridgehead atoms. The molecule has 0 saturated carbocycles. The third kappa shape index (κ3) is 5.62. The zero-order valence-corrected chi connectivity index (χ0v) is 21.9. The number of rotatable bonds is 8. The first-order valence-corrected chi connectivity index (χ1v) is 12.9. The highest BCUT2D eigenvalue weighted by Gasteiger charge is 2.36. The molecule has 2 N–H and O–H groups in total. The van der Waals surface area contributed by atoms with Gasteiger partial charge in [0.1, 0.15) is 6.67 Å². The highest BCUT2D eigenvalue weighted by atomic mass is 19.2. The van der Waals surface area contributed by atoms with Crippen LogP contribution < -0.4 is 15.5 Å². The number of benzene rings is 3. The summed E-state index contributed by atoms with van der Waals surface area (Å²) in [6.07, 6.45) is -0.814. The lowest BCUT2D eigenvalue weighted by molar-refractivity contribution is -0.111. The molecule has 2 unspecified atom stereocenters. The van der Waals surface area contributed by atoms with Crippen LogP contribution in [0.2, 0.25) is 0 Å². The van der Waals surface area contributed by atoms with Gasteiger partial charge in [-0.3, -0.25) is 9.69 Å². The van der Waals surface area contributed by atoms with E-state index in [1.807, 2.05) is 37.3 Å². The number of aryl methyl sites for hydroxylation is 1. The number of carbonyl (C=O) groups is 1. The summed E-state index contributed by atoms with van der Waals surface area (Å²) in [5, 5.41) is 6.82. The Hall–Kier alpha value is -4.44. The van der Waals surface area contributed by atoms with Gasteiger partial charge in [0.2, 0.25) is 24.4 Å². The van der Waals surface area contributed by atoms with Crippen LogP contribution in [-0.4, -0.2) is 59.7 Å². The molecule has 7 nitrogen and oxygen atoms in total. The second-order valence-corrected chi connectivity index (χ2v) is 9.50. The van der Waals surface area contributed by atoms with Crippen LogP contribution in [0, 0.1) is 6.92 Å². The number of alkyl halides is 3. The lowest BCUT2D eigenvalue weighted by Gasteiger charge is -2.40. The molecule has 2 heterocycles. The van der Waals surface area contributed by atoms with Crippen LogP contribution in [0.1, 0.15) is 5.56 Å². The molecule has 1 aliphatic heterocycles. The monoisotopic (exact) mass is 546 g/mol. The first kappa shape index (κ1) is 27.1. The Kier molecular flexibility index (Phi) is 7.97. The van der Waals surface area contributed by atoms with Gasteiger partial charge in [0.25, 0.3) is 0 Å². The summed E-state index contributed by atoms with van der Waals surface area (Å²) in [4.78, 5) is 23.6. The van der Waals surface area contributed by atoms with E-state index in [1.54, 1.807) is 36.5 Å². The molecule has 5 rings (SSSR count). The van der Waals surface area contributed by atoms with Gasteiger partial charge in [0.15, 0.2) is 0 Å². The lowest BCUT2D eigenvalue weighted by atomic mass is 9.97. The van der Waals surface area contributed by atoms with Gasteiger partial charge < -0.3 is 15.5 Å². The zero-order chi connectivity index (χ0) is 28.2. The Morgan fingerprint density at radius 3 is 2.62 bits per heavy atom. The Balaban J connectivity index is 1.39. The van der Waals surface area contributed by atoms with Crippen LogP contribution in [0.15, 0.2) is 79.5 Å². The normalized spacial score (nSPS) is 17.6. The number of hydrogen-bond acceptors (Lipinski definition) is 6. The summed E-state index contributed by atoms with van der Waals surface area (Å²) in [6.45, 7) is 5.14. The largest absolute Gasteiger partial charge is 0.337 e. The van der Waals surface area contributed by atoms with E-state index in [9.17, 15) is 18.0 Å². The van der Waals surface area contributed by atoms with Crippen LogP contribution in [0.25, 0.3) is 22.0 Å². The molecular weight excluding hydrogens is 517 g/mol. The zero-order valence-electron chi connectivity index (χ0n) is 21.9. The molecule has 1 fully saturated rings. The topological polar surface area (TPSA) is 73.4 Å². The molecule has 4 aromatic rings. The first-order chi connectivity index (χ1) is 19.4. The predicted molar refractivity (Wildman–Crippen MR) is 153 cm³/mol. The van der Waals surface area contributed by atoms with Gasteiger partial charge in [-0.1, -0.05) is 30.8 Å². The minimum absolute atomic E-state index is 0.122. The van der Waals surface area contributed by atoms with Gasteiger partial charge in [-0.2, -0.15) is 0 Å². The quantitative estimate of drug-likeness (QED) is 0.204. The summed E-state index contributed by atoms with van der Waals surface area (Å²) in [6, 6.07) is 18.4. The van der Waals surface area contributed by atoms with Crippen molar-refractivity contribution in [2.75, 3.05) is 41.8 Å².